The zero-order chi connectivity index (χ0) is 14.6. The molecule has 4 atom stereocenters. The van der Waals surface area contributed by atoms with Gasteiger partial charge >= 0.3 is 0 Å². The van der Waals surface area contributed by atoms with Crippen LogP contribution in [-0.4, -0.2) is 22.3 Å². The Hall–Kier alpha value is -1.64. The van der Waals surface area contributed by atoms with Crippen LogP contribution in [0.25, 0.3) is 0 Å². The summed E-state index contributed by atoms with van der Waals surface area (Å²) >= 11 is 0. The van der Waals surface area contributed by atoms with Crippen molar-refractivity contribution < 1.29 is 9.79 Å². The third-order valence-corrected chi connectivity index (χ3v) is 5.77. The fourth-order valence-corrected chi connectivity index (χ4v) is 4.61. The minimum Gasteiger partial charge on any atom is -0.857 e. The standard InChI is InChI=1S/C18H22N2O/c1-3-12-4-6-13(7-5-12)11(2)20-17-15-9-8-14(10-15)16(17)18(21)19-20/h4-7,14-17H,3,8-10H2,1-2H3. The van der Waals surface area contributed by atoms with Crippen LogP contribution in [0.1, 0.15) is 44.2 Å². The number of benzene rings is 1. The van der Waals surface area contributed by atoms with Crippen molar-refractivity contribution >= 4 is 11.6 Å². The number of aryl methyl sites for hydroxylation is 1. The zero-order valence-corrected chi connectivity index (χ0v) is 12.7. The Morgan fingerprint density at radius 1 is 1.24 bits per heavy atom. The SMILES string of the molecule is CCc1ccc(C(C)=[N+]2N=C([O-])C3C4CCC(C4)C32)cc1. The first kappa shape index (κ1) is 13.1. The van der Waals surface area contributed by atoms with Crippen molar-refractivity contribution in [3.8, 4) is 0 Å². The summed E-state index contributed by atoms with van der Waals surface area (Å²) in [6.45, 7) is 4.27. The van der Waals surface area contributed by atoms with Crippen molar-refractivity contribution in [2.75, 3.05) is 0 Å². The second-order valence-electron chi connectivity index (χ2n) is 6.77. The smallest absolute Gasteiger partial charge is 0.212 e. The average molecular weight is 282 g/mol. The Balaban J connectivity index is 1.73. The van der Waals surface area contributed by atoms with Crippen LogP contribution in [0, 0.1) is 17.8 Å². The van der Waals surface area contributed by atoms with Crippen LogP contribution in [0.4, 0.5) is 0 Å². The summed E-state index contributed by atoms with van der Waals surface area (Å²) in [5, 5.41) is 16.7. The fourth-order valence-electron chi connectivity index (χ4n) is 4.61. The van der Waals surface area contributed by atoms with E-state index in [1.807, 2.05) is 0 Å². The van der Waals surface area contributed by atoms with Gasteiger partial charge in [-0.1, -0.05) is 23.7 Å². The second kappa shape index (κ2) is 4.69. The number of fused-ring (bicyclic) bond motifs is 5. The first-order valence-corrected chi connectivity index (χ1v) is 8.16. The molecule has 1 heterocycles. The lowest BCUT2D eigenvalue weighted by Crippen LogP contribution is -2.38. The highest BCUT2D eigenvalue weighted by Gasteiger charge is 2.57. The third kappa shape index (κ3) is 1.86. The van der Waals surface area contributed by atoms with E-state index in [1.165, 1.54) is 30.4 Å². The number of hydrogen-bond acceptors (Lipinski definition) is 2. The van der Waals surface area contributed by atoms with E-state index >= 15 is 0 Å². The van der Waals surface area contributed by atoms with Crippen molar-refractivity contribution in [1.82, 2.24) is 0 Å². The Labute approximate surface area is 126 Å². The molecule has 3 aliphatic rings. The molecule has 0 N–H and O–H groups in total. The Morgan fingerprint density at radius 3 is 2.67 bits per heavy atom. The molecule has 1 aliphatic heterocycles. The van der Waals surface area contributed by atoms with Crippen molar-refractivity contribution in [3.05, 3.63) is 35.4 Å². The Bertz CT molecular complexity index is 629. The fraction of sp³-hybridized carbons (Fsp3) is 0.556. The number of hydrogen-bond donors (Lipinski definition) is 0. The maximum atomic E-state index is 12.3. The van der Waals surface area contributed by atoms with Gasteiger partial charge in [-0.05, 0) is 54.4 Å². The summed E-state index contributed by atoms with van der Waals surface area (Å²) in [5.74, 6) is 1.56. The number of nitrogens with zero attached hydrogens (tertiary/aromatic N) is 2. The minimum absolute atomic E-state index is 0.122. The monoisotopic (exact) mass is 282 g/mol. The molecule has 0 saturated heterocycles. The van der Waals surface area contributed by atoms with Crippen molar-refractivity contribution in [3.63, 3.8) is 0 Å². The van der Waals surface area contributed by atoms with Gasteiger partial charge in [-0.15, -0.1) is 0 Å². The molecule has 2 fully saturated rings. The van der Waals surface area contributed by atoms with Gasteiger partial charge in [0.05, 0.1) is 5.92 Å². The molecule has 3 heteroatoms. The first-order valence-electron chi connectivity index (χ1n) is 8.16. The second-order valence-corrected chi connectivity index (χ2v) is 6.77. The van der Waals surface area contributed by atoms with E-state index in [0.29, 0.717) is 17.9 Å². The van der Waals surface area contributed by atoms with Gasteiger partial charge in [-0.3, -0.25) is 0 Å². The number of hydrazone groups is 1. The third-order valence-electron chi connectivity index (χ3n) is 5.77. The first-order chi connectivity index (χ1) is 10.2. The molecule has 0 spiro atoms. The van der Waals surface area contributed by atoms with Crippen LogP contribution in [0.15, 0.2) is 29.4 Å². The molecule has 3 nitrogen and oxygen atoms in total. The molecule has 1 aromatic carbocycles. The van der Waals surface area contributed by atoms with Gasteiger partial charge in [-0.25, -0.2) is 0 Å². The average Bonchev–Trinajstić information content (AvgIpc) is 3.20. The van der Waals surface area contributed by atoms with Gasteiger partial charge in [0, 0.05) is 24.3 Å². The normalized spacial score (nSPS) is 35.8. The molecule has 0 radical (unpaired) electrons. The Kier molecular flexibility index (Phi) is 2.91. The Morgan fingerprint density at radius 2 is 1.95 bits per heavy atom. The number of rotatable bonds is 2. The quantitative estimate of drug-likeness (QED) is 0.766. The molecule has 2 bridgehead atoms. The van der Waals surface area contributed by atoms with E-state index in [0.717, 1.165) is 12.1 Å². The predicted octanol–water partition coefficient (Wildman–Crippen LogP) is 2.17. The molecule has 2 aliphatic carbocycles. The van der Waals surface area contributed by atoms with Crippen molar-refractivity contribution in [2.45, 2.75) is 45.6 Å². The molecule has 0 aromatic heterocycles. The van der Waals surface area contributed by atoms with Crippen LogP contribution in [0.2, 0.25) is 0 Å². The molecule has 4 unspecified atom stereocenters. The van der Waals surface area contributed by atoms with Gasteiger partial charge in [0.1, 0.15) is 0 Å². The summed E-state index contributed by atoms with van der Waals surface area (Å²) in [6.07, 6.45) is 4.79. The topological polar surface area (TPSA) is 38.4 Å². The highest BCUT2D eigenvalue weighted by atomic mass is 16.3. The van der Waals surface area contributed by atoms with Gasteiger partial charge in [0.25, 0.3) is 0 Å². The molecule has 110 valence electrons. The van der Waals surface area contributed by atoms with E-state index < -0.39 is 0 Å². The van der Waals surface area contributed by atoms with Crippen LogP contribution < -0.4 is 5.11 Å². The molecule has 0 amide bonds. The molecular formula is C18H22N2O. The van der Waals surface area contributed by atoms with Gasteiger partial charge in [-0.2, -0.15) is 0 Å². The summed E-state index contributed by atoms with van der Waals surface area (Å²) in [4.78, 5) is 0. The zero-order valence-electron chi connectivity index (χ0n) is 12.7. The summed E-state index contributed by atoms with van der Waals surface area (Å²) in [6, 6.07) is 9.01. The van der Waals surface area contributed by atoms with Crippen LogP contribution in [0.5, 0.6) is 0 Å². The van der Waals surface area contributed by atoms with E-state index in [9.17, 15) is 5.11 Å². The van der Waals surface area contributed by atoms with Crippen LogP contribution >= 0.6 is 0 Å². The predicted molar refractivity (Wildman–Crippen MR) is 81.4 cm³/mol. The molecule has 4 rings (SSSR count). The maximum Gasteiger partial charge on any atom is 0.212 e. The van der Waals surface area contributed by atoms with Gasteiger partial charge in [0.2, 0.25) is 5.71 Å². The molecule has 1 aromatic rings. The lowest BCUT2D eigenvalue weighted by Gasteiger charge is -2.22. The van der Waals surface area contributed by atoms with E-state index in [-0.39, 0.29) is 11.8 Å². The summed E-state index contributed by atoms with van der Waals surface area (Å²) in [5.41, 5.74) is 3.66. The largest absolute Gasteiger partial charge is 0.857 e. The maximum absolute atomic E-state index is 12.3. The van der Waals surface area contributed by atoms with E-state index in [2.05, 4.69) is 47.9 Å². The lowest BCUT2D eigenvalue weighted by atomic mass is 9.85. The van der Waals surface area contributed by atoms with Crippen molar-refractivity contribution in [2.24, 2.45) is 22.9 Å². The van der Waals surface area contributed by atoms with Gasteiger partial charge in [0.15, 0.2) is 6.04 Å². The van der Waals surface area contributed by atoms with Crippen LogP contribution in [0.3, 0.4) is 0 Å². The minimum atomic E-state index is 0.122. The summed E-state index contributed by atoms with van der Waals surface area (Å²) < 4.78 is 2.05. The van der Waals surface area contributed by atoms with Gasteiger partial charge < -0.3 is 5.11 Å². The lowest BCUT2D eigenvalue weighted by molar-refractivity contribution is -0.573. The van der Waals surface area contributed by atoms with E-state index in [1.54, 1.807) is 0 Å². The molecular weight excluding hydrogens is 260 g/mol. The molecule has 2 saturated carbocycles. The molecule has 21 heavy (non-hydrogen) atoms. The van der Waals surface area contributed by atoms with E-state index in [4.69, 9.17) is 0 Å². The summed E-state index contributed by atoms with van der Waals surface area (Å²) in [7, 11) is 0. The highest BCUT2D eigenvalue weighted by Crippen LogP contribution is 2.51. The van der Waals surface area contributed by atoms with Crippen LogP contribution in [-0.2, 0) is 6.42 Å². The highest BCUT2D eigenvalue weighted by molar-refractivity contribution is 5.95. The van der Waals surface area contributed by atoms with Crippen molar-refractivity contribution in [1.29, 1.82) is 0 Å².